The van der Waals surface area contributed by atoms with E-state index in [2.05, 4.69) is 10.7 Å². The Morgan fingerprint density at radius 1 is 0.919 bits per heavy atom. The van der Waals surface area contributed by atoms with Crippen LogP contribution in [0.4, 0.5) is 5.69 Å². The number of fused-ring (bicyclic) bond motifs is 1. The highest BCUT2D eigenvalue weighted by Gasteiger charge is 2.38. The van der Waals surface area contributed by atoms with Crippen LogP contribution in [0.2, 0.25) is 0 Å². The van der Waals surface area contributed by atoms with Gasteiger partial charge < -0.3 is 20.5 Å². The minimum absolute atomic E-state index is 0.0839. The van der Waals surface area contributed by atoms with Crippen LogP contribution in [-0.2, 0) is 4.79 Å². The van der Waals surface area contributed by atoms with Crippen LogP contribution in [0.15, 0.2) is 66.7 Å². The maximum Gasteiger partial charge on any atom is 0.280 e. The summed E-state index contributed by atoms with van der Waals surface area (Å²) in [5.41, 5.74) is 10.0. The molecule has 37 heavy (non-hydrogen) atoms. The summed E-state index contributed by atoms with van der Waals surface area (Å²) in [7, 11) is 0. The number of amidine groups is 1. The maximum atomic E-state index is 13.6. The van der Waals surface area contributed by atoms with Crippen molar-refractivity contribution in [3.63, 3.8) is 0 Å². The Kier molecular flexibility index (Phi) is 7.38. The van der Waals surface area contributed by atoms with Crippen LogP contribution >= 0.6 is 0 Å². The SMILES string of the molecule is CCOc1ccc(C(Nc2ccc(C(=N)N)cc2)C(=O)NN2C(=O)c3ccccc3C2=O)cc1OCC. The molecule has 0 spiro atoms. The Bertz CT molecular complexity index is 1320. The Morgan fingerprint density at radius 3 is 2.08 bits per heavy atom. The second-order valence-electron chi connectivity index (χ2n) is 8.11. The van der Waals surface area contributed by atoms with Gasteiger partial charge in [0.1, 0.15) is 11.9 Å². The fourth-order valence-electron chi connectivity index (χ4n) is 3.93. The monoisotopic (exact) mass is 501 g/mol. The average Bonchev–Trinajstić information content (AvgIpc) is 3.13. The third-order valence-corrected chi connectivity index (χ3v) is 5.69. The number of amides is 3. The smallest absolute Gasteiger partial charge is 0.280 e. The van der Waals surface area contributed by atoms with Crippen molar-refractivity contribution < 1.29 is 23.9 Å². The summed E-state index contributed by atoms with van der Waals surface area (Å²) in [5.74, 6) is -0.968. The first-order valence-corrected chi connectivity index (χ1v) is 11.7. The number of hydrogen-bond donors (Lipinski definition) is 4. The molecule has 0 bridgehead atoms. The number of benzene rings is 3. The zero-order valence-corrected chi connectivity index (χ0v) is 20.4. The lowest BCUT2D eigenvalue weighted by Gasteiger charge is -2.24. The maximum absolute atomic E-state index is 13.6. The number of rotatable bonds is 10. The molecule has 0 fully saturated rings. The number of hydrogen-bond acceptors (Lipinski definition) is 7. The van der Waals surface area contributed by atoms with Gasteiger partial charge in [-0.25, -0.2) is 0 Å². The molecule has 0 aliphatic carbocycles. The second kappa shape index (κ2) is 10.8. The standard InChI is InChI=1S/C27H27N5O5/c1-3-36-21-14-11-17(15-22(21)37-4-2)23(30-18-12-9-16(10-13-18)24(28)29)25(33)31-32-26(34)19-7-5-6-8-20(19)27(32)35/h5-15,23,30H,3-4H2,1-2H3,(H3,28,29)(H,31,33). The molecule has 3 amide bonds. The number of hydrazine groups is 1. The quantitative estimate of drug-likeness (QED) is 0.189. The van der Waals surface area contributed by atoms with Crippen molar-refractivity contribution in [2.75, 3.05) is 18.5 Å². The van der Waals surface area contributed by atoms with E-state index in [1.54, 1.807) is 54.6 Å². The minimum Gasteiger partial charge on any atom is -0.490 e. The third kappa shape index (κ3) is 5.22. The third-order valence-electron chi connectivity index (χ3n) is 5.69. The van der Waals surface area contributed by atoms with Gasteiger partial charge in [-0.2, -0.15) is 5.01 Å². The molecule has 3 aromatic carbocycles. The molecule has 0 saturated heterocycles. The zero-order chi connectivity index (χ0) is 26.5. The van der Waals surface area contributed by atoms with Crippen LogP contribution in [-0.4, -0.2) is 41.8 Å². The van der Waals surface area contributed by atoms with Crippen LogP contribution in [0.5, 0.6) is 11.5 Å². The first-order valence-electron chi connectivity index (χ1n) is 11.7. The number of nitrogens with zero attached hydrogens (tertiary/aromatic N) is 1. The average molecular weight is 502 g/mol. The molecule has 190 valence electrons. The molecule has 0 aromatic heterocycles. The van der Waals surface area contributed by atoms with Gasteiger partial charge in [-0.05, 0) is 67.9 Å². The van der Waals surface area contributed by atoms with E-state index in [1.165, 1.54) is 12.1 Å². The van der Waals surface area contributed by atoms with Gasteiger partial charge in [0.2, 0.25) is 0 Å². The van der Waals surface area contributed by atoms with E-state index in [0.29, 0.717) is 41.5 Å². The van der Waals surface area contributed by atoms with E-state index < -0.39 is 23.8 Å². The number of carbonyl (C=O) groups excluding carboxylic acids is 3. The van der Waals surface area contributed by atoms with Crippen LogP contribution in [0.1, 0.15) is 51.7 Å². The summed E-state index contributed by atoms with van der Waals surface area (Å²) in [6.07, 6.45) is 0. The Balaban J connectivity index is 1.67. The van der Waals surface area contributed by atoms with Crippen molar-refractivity contribution in [3.8, 4) is 11.5 Å². The lowest BCUT2D eigenvalue weighted by atomic mass is 10.0. The zero-order valence-electron chi connectivity index (χ0n) is 20.4. The minimum atomic E-state index is -1.03. The molecule has 1 atom stereocenters. The Hall–Kier alpha value is -4.86. The van der Waals surface area contributed by atoms with Crippen LogP contribution in [0.25, 0.3) is 0 Å². The highest BCUT2D eigenvalue weighted by Crippen LogP contribution is 2.32. The highest BCUT2D eigenvalue weighted by atomic mass is 16.5. The molecule has 10 heteroatoms. The van der Waals surface area contributed by atoms with Gasteiger partial charge in [0.25, 0.3) is 17.7 Å². The molecule has 0 radical (unpaired) electrons. The molecule has 1 aliphatic rings. The van der Waals surface area contributed by atoms with E-state index in [1.807, 2.05) is 13.8 Å². The van der Waals surface area contributed by atoms with E-state index in [4.69, 9.17) is 20.6 Å². The predicted molar refractivity (Wildman–Crippen MR) is 138 cm³/mol. The number of carbonyl (C=O) groups is 3. The predicted octanol–water partition coefficient (Wildman–Crippen LogP) is 3.25. The van der Waals surface area contributed by atoms with Gasteiger partial charge in [0.15, 0.2) is 11.5 Å². The highest BCUT2D eigenvalue weighted by molar-refractivity contribution is 6.21. The Morgan fingerprint density at radius 2 is 1.51 bits per heavy atom. The number of nitrogens with one attached hydrogen (secondary N) is 3. The lowest BCUT2D eigenvalue weighted by Crippen LogP contribution is -2.48. The molecular weight excluding hydrogens is 474 g/mol. The van der Waals surface area contributed by atoms with Gasteiger partial charge in [-0.15, -0.1) is 0 Å². The summed E-state index contributed by atoms with van der Waals surface area (Å²) in [6.45, 7) is 4.51. The van der Waals surface area contributed by atoms with Crippen molar-refractivity contribution in [2.24, 2.45) is 5.73 Å². The van der Waals surface area contributed by atoms with Crippen LogP contribution in [0.3, 0.4) is 0 Å². The van der Waals surface area contributed by atoms with Crippen molar-refractivity contribution >= 4 is 29.2 Å². The summed E-state index contributed by atoms with van der Waals surface area (Å²) in [4.78, 5) is 39.2. The topological polar surface area (TPSA) is 147 Å². The summed E-state index contributed by atoms with van der Waals surface area (Å²) in [5, 5.41) is 11.4. The van der Waals surface area contributed by atoms with E-state index >= 15 is 0 Å². The second-order valence-corrected chi connectivity index (χ2v) is 8.11. The molecule has 1 heterocycles. The van der Waals surface area contributed by atoms with Gasteiger partial charge in [0.05, 0.1) is 24.3 Å². The van der Waals surface area contributed by atoms with E-state index in [0.717, 1.165) is 5.01 Å². The van der Waals surface area contributed by atoms with Crippen LogP contribution in [0, 0.1) is 5.41 Å². The molecule has 1 unspecified atom stereocenters. The first-order chi connectivity index (χ1) is 17.8. The van der Waals surface area contributed by atoms with Gasteiger partial charge in [0, 0.05) is 11.3 Å². The normalized spacial score (nSPS) is 13.1. The van der Waals surface area contributed by atoms with Crippen molar-refractivity contribution in [1.29, 1.82) is 5.41 Å². The van der Waals surface area contributed by atoms with Gasteiger partial charge in [-0.1, -0.05) is 18.2 Å². The number of ether oxygens (including phenoxy) is 2. The van der Waals surface area contributed by atoms with E-state index in [9.17, 15) is 14.4 Å². The Labute approximate surface area is 213 Å². The molecule has 0 saturated carbocycles. The number of anilines is 1. The first kappa shape index (κ1) is 25.2. The summed E-state index contributed by atoms with van der Waals surface area (Å²) in [6, 6.07) is 17.1. The fourth-order valence-corrected chi connectivity index (χ4v) is 3.93. The van der Waals surface area contributed by atoms with Gasteiger partial charge >= 0.3 is 0 Å². The number of imide groups is 1. The molecule has 5 N–H and O–H groups in total. The van der Waals surface area contributed by atoms with Crippen molar-refractivity contribution in [1.82, 2.24) is 10.4 Å². The lowest BCUT2D eigenvalue weighted by molar-refractivity contribution is -0.125. The molecular formula is C27H27N5O5. The summed E-state index contributed by atoms with van der Waals surface area (Å²) < 4.78 is 11.4. The van der Waals surface area contributed by atoms with Crippen molar-refractivity contribution in [3.05, 3.63) is 89.0 Å². The largest absolute Gasteiger partial charge is 0.490 e. The molecule has 4 rings (SSSR count). The molecule has 3 aromatic rings. The summed E-state index contributed by atoms with van der Waals surface area (Å²) >= 11 is 0. The van der Waals surface area contributed by atoms with Crippen molar-refractivity contribution in [2.45, 2.75) is 19.9 Å². The van der Waals surface area contributed by atoms with E-state index in [-0.39, 0.29) is 17.0 Å². The molecule has 10 nitrogen and oxygen atoms in total. The number of nitrogens with two attached hydrogens (primary N) is 1. The number of nitrogen functional groups attached to an aromatic ring is 1. The van der Waals surface area contributed by atoms with Gasteiger partial charge in [-0.3, -0.25) is 25.2 Å². The van der Waals surface area contributed by atoms with Crippen LogP contribution < -0.4 is 25.9 Å². The fraction of sp³-hybridized carbons (Fsp3) is 0.185. The molecule has 1 aliphatic heterocycles.